The maximum absolute atomic E-state index is 12.7. The van der Waals surface area contributed by atoms with E-state index in [4.69, 9.17) is 0 Å². The maximum atomic E-state index is 12.7. The summed E-state index contributed by atoms with van der Waals surface area (Å²) < 4.78 is 38.2. The number of rotatable bonds is 5. The van der Waals surface area contributed by atoms with E-state index in [1.54, 1.807) is 6.07 Å². The lowest BCUT2D eigenvalue weighted by Gasteiger charge is -2.28. The summed E-state index contributed by atoms with van der Waals surface area (Å²) in [7, 11) is 0. The van der Waals surface area contributed by atoms with E-state index >= 15 is 0 Å². The van der Waals surface area contributed by atoms with Crippen molar-refractivity contribution < 1.29 is 13.2 Å². The minimum absolute atomic E-state index is 0.0392. The Morgan fingerprint density at radius 2 is 1.62 bits per heavy atom. The normalized spacial score (nSPS) is 13.5. The highest BCUT2D eigenvalue weighted by molar-refractivity contribution is 5.26. The van der Waals surface area contributed by atoms with Crippen molar-refractivity contribution in [3.05, 3.63) is 35.4 Å². The second kappa shape index (κ2) is 6.39. The van der Waals surface area contributed by atoms with Crippen LogP contribution in [0.5, 0.6) is 0 Å². The van der Waals surface area contributed by atoms with Gasteiger partial charge in [-0.3, -0.25) is 0 Å². The first-order valence-electron chi connectivity index (χ1n) is 7.30. The van der Waals surface area contributed by atoms with Crippen LogP contribution in [0.3, 0.4) is 0 Å². The molecule has 1 rings (SSSR count). The van der Waals surface area contributed by atoms with Crippen LogP contribution >= 0.6 is 0 Å². The summed E-state index contributed by atoms with van der Waals surface area (Å²) in [6.07, 6.45) is -2.71. The fraction of sp³-hybridized carbons (Fsp3) is 0.647. The lowest BCUT2D eigenvalue weighted by molar-refractivity contribution is -0.137. The summed E-state index contributed by atoms with van der Waals surface area (Å²) in [4.78, 5) is 0. The Labute approximate surface area is 125 Å². The molecule has 1 nitrogen and oxygen atoms in total. The van der Waals surface area contributed by atoms with E-state index in [9.17, 15) is 13.2 Å². The first-order valence-corrected chi connectivity index (χ1v) is 7.30. The highest BCUT2D eigenvalue weighted by Crippen LogP contribution is 2.32. The van der Waals surface area contributed by atoms with Crippen molar-refractivity contribution in [2.24, 2.45) is 5.41 Å². The largest absolute Gasteiger partial charge is 0.416 e. The summed E-state index contributed by atoms with van der Waals surface area (Å²) in [5.41, 5.74) is 0.198. The zero-order chi connectivity index (χ0) is 16.3. The summed E-state index contributed by atoms with van der Waals surface area (Å²) >= 11 is 0. The van der Waals surface area contributed by atoms with Crippen LogP contribution in [0.25, 0.3) is 0 Å². The summed E-state index contributed by atoms with van der Waals surface area (Å²) in [5.74, 6) is 0. The van der Waals surface area contributed by atoms with Crippen molar-refractivity contribution in [3.63, 3.8) is 0 Å². The van der Waals surface area contributed by atoms with Crippen molar-refractivity contribution in [2.45, 2.75) is 59.2 Å². The second-order valence-electron chi connectivity index (χ2n) is 7.47. The molecule has 0 spiro atoms. The number of benzene rings is 1. The smallest absolute Gasteiger partial charge is 0.312 e. The van der Waals surface area contributed by atoms with E-state index in [1.165, 1.54) is 12.1 Å². The van der Waals surface area contributed by atoms with Crippen molar-refractivity contribution in [3.8, 4) is 0 Å². The van der Waals surface area contributed by atoms with Gasteiger partial charge in [-0.25, -0.2) is 0 Å². The highest BCUT2D eigenvalue weighted by Gasteiger charge is 2.30. The molecule has 1 N–H and O–H groups in total. The lowest BCUT2D eigenvalue weighted by Crippen LogP contribution is -2.38. The standard InChI is InChI=1S/C17H26F3N/c1-15(2,3)21-10-9-16(4,5)12-13-7-6-8-14(11-13)17(18,19)20/h6-8,11,21H,9-10,12H2,1-5H3. The van der Waals surface area contributed by atoms with E-state index in [0.717, 1.165) is 24.6 Å². The number of nitrogens with one attached hydrogen (secondary N) is 1. The first kappa shape index (κ1) is 18.0. The fourth-order valence-electron chi connectivity index (χ4n) is 2.27. The number of halogens is 3. The second-order valence-corrected chi connectivity index (χ2v) is 7.47. The summed E-state index contributed by atoms with van der Waals surface area (Å²) in [6.45, 7) is 11.4. The first-order chi connectivity index (χ1) is 9.39. The topological polar surface area (TPSA) is 12.0 Å². The monoisotopic (exact) mass is 301 g/mol. The molecule has 0 saturated carbocycles. The third-order valence-electron chi connectivity index (χ3n) is 3.39. The van der Waals surface area contributed by atoms with Gasteiger partial charge in [0, 0.05) is 5.54 Å². The van der Waals surface area contributed by atoms with Crippen molar-refractivity contribution in [2.75, 3.05) is 6.54 Å². The Morgan fingerprint density at radius 3 is 2.14 bits per heavy atom. The average Bonchev–Trinajstić information content (AvgIpc) is 2.25. The number of alkyl halides is 3. The van der Waals surface area contributed by atoms with E-state index in [-0.39, 0.29) is 11.0 Å². The van der Waals surface area contributed by atoms with Crippen LogP contribution in [0, 0.1) is 5.41 Å². The lowest BCUT2D eigenvalue weighted by atomic mass is 9.82. The predicted molar refractivity (Wildman–Crippen MR) is 81.3 cm³/mol. The molecule has 0 aliphatic carbocycles. The fourth-order valence-corrected chi connectivity index (χ4v) is 2.27. The predicted octanol–water partition coefficient (Wildman–Crippen LogP) is 5.05. The Morgan fingerprint density at radius 1 is 1.00 bits per heavy atom. The van der Waals surface area contributed by atoms with Gasteiger partial charge in [0.25, 0.3) is 0 Å². The molecule has 0 bridgehead atoms. The Hall–Kier alpha value is -1.03. The van der Waals surface area contributed by atoms with Crippen molar-refractivity contribution in [1.82, 2.24) is 5.32 Å². The molecule has 0 heterocycles. The third kappa shape index (κ3) is 6.98. The van der Waals surface area contributed by atoms with Crippen LogP contribution in [0.15, 0.2) is 24.3 Å². The molecule has 1 aromatic carbocycles. The van der Waals surface area contributed by atoms with E-state index in [2.05, 4.69) is 39.9 Å². The third-order valence-corrected chi connectivity index (χ3v) is 3.39. The molecule has 0 aromatic heterocycles. The SMILES string of the molecule is CC(C)(CCNC(C)(C)C)Cc1cccc(C(F)(F)F)c1. The van der Waals surface area contributed by atoms with Crippen molar-refractivity contribution in [1.29, 1.82) is 0 Å². The van der Waals surface area contributed by atoms with Gasteiger partial charge < -0.3 is 5.32 Å². The van der Waals surface area contributed by atoms with Gasteiger partial charge in [0.05, 0.1) is 5.56 Å². The number of hydrogen-bond donors (Lipinski definition) is 1. The Kier molecular flexibility index (Phi) is 5.48. The molecule has 0 saturated heterocycles. The zero-order valence-electron chi connectivity index (χ0n) is 13.6. The van der Waals surface area contributed by atoms with Crippen LogP contribution in [-0.4, -0.2) is 12.1 Å². The minimum atomic E-state index is -4.27. The van der Waals surface area contributed by atoms with Crippen LogP contribution in [-0.2, 0) is 12.6 Å². The highest BCUT2D eigenvalue weighted by atomic mass is 19.4. The molecule has 0 amide bonds. The molecule has 0 aliphatic heterocycles. The molecular weight excluding hydrogens is 275 g/mol. The molecule has 120 valence electrons. The van der Waals surface area contributed by atoms with E-state index < -0.39 is 11.7 Å². The van der Waals surface area contributed by atoms with Gasteiger partial charge in [0.2, 0.25) is 0 Å². The molecule has 1 aromatic rings. The molecular formula is C17H26F3N. The van der Waals surface area contributed by atoms with Gasteiger partial charge in [0.15, 0.2) is 0 Å². The van der Waals surface area contributed by atoms with Crippen LogP contribution < -0.4 is 5.32 Å². The molecule has 0 unspecified atom stereocenters. The van der Waals surface area contributed by atoms with E-state index in [0.29, 0.717) is 6.42 Å². The van der Waals surface area contributed by atoms with Crippen LogP contribution in [0.2, 0.25) is 0 Å². The van der Waals surface area contributed by atoms with Gasteiger partial charge >= 0.3 is 6.18 Å². The summed E-state index contributed by atoms with van der Waals surface area (Å²) in [6, 6.07) is 5.65. The van der Waals surface area contributed by atoms with Crippen LogP contribution in [0.4, 0.5) is 13.2 Å². The van der Waals surface area contributed by atoms with Gasteiger partial charge in [-0.2, -0.15) is 13.2 Å². The maximum Gasteiger partial charge on any atom is 0.416 e. The zero-order valence-corrected chi connectivity index (χ0v) is 13.6. The van der Waals surface area contributed by atoms with Crippen LogP contribution in [0.1, 0.15) is 52.2 Å². The van der Waals surface area contributed by atoms with Gasteiger partial charge in [-0.15, -0.1) is 0 Å². The quantitative estimate of drug-likeness (QED) is 0.802. The molecule has 21 heavy (non-hydrogen) atoms. The van der Waals surface area contributed by atoms with E-state index in [1.807, 2.05) is 0 Å². The molecule has 0 fully saturated rings. The number of hydrogen-bond acceptors (Lipinski definition) is 1. The van der Waals surface area contributed by atoms with Crippen molar-refractivity contribution >= 4 is 0 Å². The van der Waals surface area contributed by atoms with Gasteiger partial charge in [-0.1, -0.05) is 32.0 Å². The average molecular weight is 301 g/mol. The van der Waals surface area contributed by atoms with Gasteiger partial charge in [0.1, 0.15) is 0 Å². The Bertz CT molecular complexity index is 456. The molecule has 0 aliphatic rings. The molecule has 4 heteroatoms. The van der Waals surface area contributed by atoms with Gasteiger partial charge in [-0.05, 0) is 57.2 Å². The Balaban J connectivity index is 2.67. The summed E-state index contributed by atoms with van der Waals surface area (Å²) in [5, 5.41) is 3.42. The molecule has 0 atom stereocenters. The minimum Gasteiger partial charge on any atom is -0.312 e. The molecule has 0 radical (unpaired) electrons.